The minimum Gasteiger partial charge on any atom is -0.454 e. The maximum atomic E-state index is 13.8. The van der Waals surface area contributed by atoms with Crippen molar-refractivity contribution in [3.05, 3.63) is 47.8 Å². The fourth-order valence-electron chi connectivity index (χ4n) is 1.98. The van der Waals surface area contributed by atoms with E-state index in [1.165, 1.54) is 6.07 Å². The predicted octanol–water partition coefficient (Wildman–Crippen LogP) is 2.68. The molecular weight excluding hydrogens is 233 g/mol. The molecule has 0 bridgehead atoms. The smallest absolute Gasteiger partial charge is 0.231 e. The molecule has 1 heterocycles. The number of hydrogen-bond acceptors (Lipinski definition) is 3. The summed E-state index contributed by atoms with van der Waals surface area (Å²) in [4.78, 5) is 0. The molecule has 1 aliphatic rings. The molecule has 3 nitrogen and oxygen atoms in total. The highest BCUT2D eigenvalue weighted by Crippen LogP contribution is 2.36. The molecule has 3 rings (SSSR count). The first-order valence-electron chi connectivity index (χ1n) is 5.66. The second-order valence-electron chi connectivity index (χ2n) is 4.09. The van der Waals surface area contributed by atoms with Gasteiger partial charge in [-0.1, -0.05) is 12.1 Å². The molecule has 1 aliphatic heterocycles. The lowest BCUT2D eigenvalue weighted by atomic mass is 10.0. The Kier molecular flexibility index (Phi) is 2.64. The molecule has 0 saturated heterocycles. The van der Waals surface area contributed by atoms with E-state index in [0.29, 0.717) is 23.6 Å². The molecule has 0 aliphatic carbocycles. The molecule has 0 radical (unpaired) electrons. The van der Waals surface area contributed by atoms with Gasteiger partial charge in [0.05, 0.1) is 0 Å². The van der Waals surface area contributed by atoms with E-state index in [1.54, 1.807) is 24.3 Å². The van der Waals surface area contributed by atoms with Gasteiger partial charge in [0.2, 0.25) is 6.79 Å². The van der Waals surface area contributed by atoms with Gasteiger partial charge >= 0.3 is 0 Å². The van der Waals surface area contributed by atoms with Crippen LogP contribution in [0.3, 0.4) is 0 Å². The molecule has 2 N–H and O–H groups in total. The molecule has 18 heavy (non-hydrogen) atoms. The molecule has 0 saturated carbocycles. The fraction of sp³-hybridized carbons (Fsp3) is 0.143. The molecular formula is C14H12FNO2. The van der Waals surface area contributed by atoms with E-state index in [-0.39, 0.29) is 12.6 Å². The number of benzene rings is 2. The maximum absolute atomic E-state index is 13.8. The molecule has 0 aromatic heterocycles. The zero-order valence-corrected chi connectivity index (χ0v) is 9.65. The van der Waals surface area contributed by atoms with Gasteiger partial charge in [0, 0.05) is 12.1 Å². The summed E-state index contributed by atoms with van der Waals surface area (Å²) < 4.78 is 24.3. The van der Waals surface area contributed by atoms with Crippen molar-refractivity contribution in [3.63, 3.8) is 0 Å². The summed E-state index contributed by atoms with van der Waals surface area (Å²) in [6.07, 6.45) is 0. The van der Waals surface area contributed by atoms with Gasteiger partial charge in [0.15, 0.2) is 11.5 Å². The van der Waals surface area contributed by atoms with Crippen LogP contribution in [0.1, 0.15) is 5.56 Å². The maximum Gasteiger partial charge on any atom is 0.231 e. The molecule has 0 unspecified atom stereocenters. The van der Waals surface area contributed by atoms with Crippen molar-refractivity contribution in [2.45, 2.75) is 6.54 Å². The van der Waals surface area contributed by atoms with Gasteiger partial charge in [-0.3, -0.25) is 0 Å². The summed E-state index contributed by atoms with van der Waals surface area (Å²) in [5.74, 6) is 1.06. The zero-order chi connectivity index (χ0) is 12.5. The quantitative estimate of drug-likeness (QED) is 0.884. The zero-order valence-electron chi connectivity index (χ0n) is 9.65. The normalized spacial score (nSPS) is 12.8. The van der Waals surface area contributed by atoms with Gasteiger partial charge in [-0.25, -0.2) is 4.39 Å². The van der Waals surface area contributed by atoms with Crippen molar-refractivity contribution < 1.29 is 13.9 Å². The minimum absolute atomic E-state index is 0.212. The van der Waals surface area contributed by atoms with Crippen LogP contribution >= 0.6 is 0 Å². The fourth-order valence-corrected chi connectivity index (χ4v) is 1.98. The van der Waals surface area contributed by atoms with E-state index in [9.17, 15) is 4.39 Å². The molecule has 2 aromatic rings. The Balaban J connectivity index is 2.09. The van der Waals surface area contributed by atoms with Crippen LogP contribution in [0.15, 0.2) is 36.4 Å². The number of rotatable bonds is 2. The summed E-state index contributed by atoms with van der Waals surface area (Å²) in [5.41, 5.74) is 7.74. The lowest BCUT2D eigenvalue weighted by Crippen LogP contribution is -1.97. The third-order valence-electron chi connectivity index (χ3n) is 2.95. The molecule has 0 amide bonds. The standard InChI is InChI=1S/C14H12FNO2/c15-12-3-1-9(7-16)5-11(12)10-2-4-13-14(6-10)18-8-17-13/h1-6H,7-8,16H2. The van der Waals surface area contributed by atoms with Crippen molar-refractivity contribution in [1.82, 2.24) is 0 Å². The van der Waals surface area contributed by atoms with E-state index in [0.717, 1.165) is 11.1 Å². The number of hydrogen-bond donors (Lipinski definition) is 1. The summed E-state index contributed by atoms with van der Waals surface area (Å²) in [7, 11) is 0. The first kappa shape index (κ1) is 11.0. The van der Waals surface area contributed by atoms with E-state index in [1.807, 2.05) is 6.07 Å². The van der Waals surface area contributed by atoms with Gasteiger partial charge in [-0.15, -0.1) is 0 Å². The van der Waals surface area contributed by atoms with Crippen LogP contribution in [0, 0.1) is 5.82 Å². The summed E-state index contributed by atoms with van der Waals surface area (Å²) >= 11 is 0. The van der Waals surface area contributed by atoms with Crippen molar-refractivity contribution in [1.29, 1.82) is 0 Å². The Morgan fingerprint density at radius 3 is 2.72 bits per heavy atom. The van der Waals surface area contributed by atoms with E-state index in [4.69, 9.17) is 15.2 Å². The number of fused-ring (bicyclic) bond motifs is 1. The Labute approximate surface area is 104 Å². The molecule has 0 fully saturated rings. The van der Waals surface area contributed by atoms with Crippen LogP contribution < -0.4 is 15.2 Å². The van der Waals surface area contributed by atoms with Gasteiger partial charge in [0.1, 0.15) is 5.82 Å². The largest absolute Gasteiger partial charge is 0.454 e. The van der Waals surface area contributed by atoms with E-state index in [2.05, 4.69) is 0 Å². The van der Waals surface area contributed by atoms with Crippen LogP contribution in [0.4, 0.5) is 4.39 Å². The Morgan fingerprint density at radius 1 is 1.06 bits per heavy atom. The molecule has 92 valence electrons. The van der Waals surface area contributed by atoms with Crippen molar-refractivity contribution in [2.24, 2.45) is 5.73 Å². The van der Waals surface area contributed by atoms with Gasteiger partial charge in [-0.2, -0.15) is 0 Å². The van der Waals surface area contributed by atoms with Gasteiger partial charge in [-0.05, 0) is 35.4 Å². The number of ether oxygens (including phenoxy) is 2. The van der Waals surface area contributed by atoms with Gasteiger partial charge < -0.3 is 15.2 Å². The summed E-state index contributed by atoms with van der Waals surface area (Å²) in [6.45, 7) is 0.599. The average Bonchev–Trinajstić information content (AvgIpc) is 2.86. The monoisotopic (exact) mass is 245 g/mol. The van der Waals surface area contributed by atoms with Crippen LogP contribution in [-0.4, -0.2) is 6.79 Å². The third kappa shape index (κ3) is 1.80. The predicted molar refractivity (Wildman–Crippen MR) is 65.9 cm³/mol. The van der Waals surface area contributed by atoms with Crippen LogP contribution in [-0.2, 0) is 6.54 Å². The lowest BCUT2D eigenvalue weighted by molar-refractivity contribution is 0.174. The van der Waals surface area contributed by atoms with Crippen molar-refractivity contribution in [3.8, 4) is 22.6 Å². The molecule has 2 aromatic carbocycles. The average molecular weight is 245 g/mol. The van der Waals surface area contributed by atoms with Crippen LogP contribution in [0.25, 0.3) is 11.1 Å². The number of nitrogens with two attached hydrogens (primary N) is 1. The second kappa shape index (κ2) is 4.31. The Hall–Kier alpha value is -2.07. The summed E-state index contributed by atoms with van der Waals surface area (Å²) in [6, 6.07) is 10.3. The lowest BCUT2D eigenvalue weighted by Gasteiger charge is -2.07. The topological polar surface area (TPSA) is 44.5 Å². The van der Waals surface area contributed by atoms with Crippen molar-refractivity contribution >= 4 is 0 Å². The highest BCUT2D eigenvalue weighted by Gasteiger charge is 2.15. The highest BCUT2D eigenvalue weighted by atomic mass is 19.1. The Morgan fingerprint density at radius 2 is 1.89 bits per heavy atom. The van der Waals surface area contributed by atoms with Crippen LogP contribution in [0.2, 0.25) is 0 Å². The molecule has 0 atom stereocenters. The SMILES string of the molecule is NCc1ccc(F)c(-c2ccc3c(c2)OCO3)c1. The summed E-state index contributed by atoms with van der Waals surface area (Å²) in [5, 5.41) is 0. The van der Waals surface area contributed by atoms with E-state index < -0.39 is 0 Å². The Bertz CT molecular complexity index is 598. The van der Waals surface area contributed by atoms with Crippen molar-refractivity contribution in [2.75, 3.05) is 6.79 Å². The molecule has 4 heteroatoms. The van der Waals surface area contributed by atoms with Gasteiger partial charge in [0.25, 0.3) is 0 Å². The van der Waals surface area contributed by atoms with Crippen LogP contribution in [0.5, 0.6) is 11.5 Å². The molecule has 0 spiro atoms. The third-order valence-corrected chi connectivity index (χ3v) is 2.95. The first-order valence-corrected chi connectivity index (χ1v) is 5.66. The first-order chi connectivity index (χ1) is 8.78. The number of halogens is 1. The minimum atomic E-state index is -0.272. The van der Waals surface area contributed by atoms with E-state index >= 15 is 0 Å². The second-order valence-corrected chi connectivity index (χ2v) is 4.09. The highest BCUT2D eigenvalue weighted by molar-refractivity contribution is 5.68.